The van der Waals surface area contributed by atoms with Gasteiger partial charge in [-0.1, -0.05) is 19.8 Å². The molecule has 0 bridgehead atoms. The van der Waals surface area contributed by atoms with E-state index < -0.39 is 5.60 Å². The fourth-order valence-corrected chi connectivity index (χ4v) is 3.14. The van der Waals surface area contributed by atoms with Crippen LogP contribution < -0.4 is 5.32 Å². The monoisotopic (exact) mass is 240 g/mol. The first-order chi connectivity index (χ1) is 8.02. The lowest BCUT2D eigenvalue weighted by Crippen LogP contribution is -2.46. The summed E-state index contributed by atoms with van der Waals surface area (Å²) in [6.45, 7) is 6.65. The zero-order valence-electron chi connectivity index (χ0n) is 11.5. The Morgan fingerprint density at radius 1 is 1.06 bits per heavy atom. The van der Waals surface area contributed by atoms with E-state index in [9.17, 15) is 5.11 Å². The van der Waals surface area contributed by atoms with Gasteiger partial charge in [0.15, 0.2) is 0 Å². The highest BCUT2D eigenvalue weighted by Crippen LogP contribution is 2.31. The summed E-state index contributed by atoms with van der Waals surface area (Å²) in [5.41, 5.74) is 0.0310. The predicted octanol–water partition coefficient (Wildman–Crippen LogP) is 1.61. The molecule has 1 saturated heterocycles. The summed E-state index contributed by atoms with van der Waals surface area (Å²) in [5.74, 6) is 0. The second-order valence-electron chi connectivity index (χ2n) is 6.65. The Morgan fingerprint density at radius 3 is 2.24 bits per heavy atom. The van der Waals surface area contributed by atoms with Gasteiger partial charge in [0.1, 0.15) is 0 Å². The maximum absolute atomic E-state index is 10.3. The zero-order valence-corrected chi connectivity index (χ0v) is 11.5. The number of rotatable bonds is 4. The van der Waals surface area contributed by atoms with Crippen LogP contribution in [0.1, 0.15) is 45.4 Å². The molecule has 0 amide bonds. The number of nitrogens with one attached hydrogen (secondary N) is 1. The van der Waals surface area contributed by atoms with Crippen LogP contribution in [0.15, 0.2) is 0 Å². The molecule has 2 rings (SSSR count). The van der Waals surface area contributed by atoms with Crippen LogP contribution in [0.3, 0.4) is 0 Å². The molecule has 2 fully saturated rings. The van der Waals surface area contributed by atoms with Crippen LogP contribution in [0.4, 0.5) is 0 Å². The minimum atomic E-state index is -0.401. The number of likely N-dealkylation sites (tertiary alicyclic amines) is 1. The van der Waals surface area contributed by atoms with E-state index in [2.05, 4.69) is 24.2 Å². The van der Waals surface area contributed by atoms with Crippen molar-refractivity contribution in [3.8, 4) is 0 Å². The minimum Gasteiger partial charge on any atom is -0.389 e. The summed E-state index contributed by atoms with van der Waals surface area (Å²) in [5, 5.41) is 13.8. The fraction of sp³-hybridized carbons (Fsp3) is 1.00. The normalized spacial score (nSPS) is 28.4. The molecule has 1 saturated carbocycles. The maximum Gasteiger partial charge on any atom is 0.0771 e. The van der Waals surface area contributed by atoms with Crippen LogP contribution in [0.5, 0.6) is 0 Å². The number of hydrogen-bond donors (Lipinski definition) is 2. The van der Waals surface area contributed by atoms with Gasteiger partial charge in [-0.3, -0.25) is 0 Å². The largest absolute Gasteiger partial charge is 0.389 e. The predicted molar refractivity (Wildman–Crippen MR) is 71.1 cm³/mol. The molecule has 1 aliphatic carbocycles. The topological polar surface area (TPSA) is 35.5 Å². The third kappa shape index (κ3) is 3.67. The summed E-state index contributed by atoms with van der Waals surface area (Å²) in [6.07, 6.45) is 6.91. The average molecular weight is 240 g/mol. The third-order valence-corrected chi connectivity index (χ3v) is 4.73. The third-order valence-electron chi connectivity index (χ3n) is 4.73. The Morgan fingerprint density at radius 2 is 1.65 bits per heavy atom. The molecule has 100 valence electrons. The average Bonchev–Trinajstić information content (AvgIpc) is 2.70. The van der Waals surface area contributed by atoms with Gasteiger partial charge < -0.3 is 15.3 Å². The van der Waals surface area contributed by atoms with Crippen LogP contribution in [0, 0.1) is 5.41 Å². The summed E-state index contributed by atoms with van der Waals surface area (Å²) in [4.78, 5) is 2.41. The van der Waals surface area contributed by atoms with Crippen molar-refractivity contribution in [3.63, 3.8) is 0 Å². The lowest BCUT2D eigenvalue weighted by Gasteiger charge is -2.38. The van der Waals surface area contributed by atoms with Crippen molar-refractivity contribution in [2.24, 2.45) is 5.41 Å². The van der Waals surface area contributed by atoms with Crippen molar-refractivity contribution in [1.29, 1.82) is 0 Å². The molecule has 2 N–H and O–H groups in total. The van der Waals surface area contributed by atoms with E-state index >= 15 is 0 Å². The first-order valence-electron chi connectivity index (χ1n) is 7.13. The molecule has 0 unspecified atom stereocenters. The van der Waals surface area contributed by atoms with E-state index in [0.717, 1.165) is 25.9 Å². The van der Waals surface area contributed by atoms with Gasteiger partial charge in [-0.15, -0.1) is 0 Å². The van der Waals surface area contributed by atoms with Crippen LogP contribution in [0.25, 0.3) is 0 Å². The Balaban J connectivity index is 1.70. The fourth-order valence-electron chi connectivity index (χ4n) is 3.14. The van der Waals surface area contributed by atoms with Crippen molar-refractivity contribution in [3.05, 3.63) is 0 Å². The van der Waals surface area contributed by atoms with E-state index in [1.807, 2.05) is 0 Å². The van der Waals surface area contributed by atoms with Gasteiger partial charge in [0, 0.05) is 13.1 Å². The summed E-state index contributed by atoms with van der Waals surface area (Å²) < 4.78 is 0. The van der Waals surface area contributed by atoms with Crippen LogP contribution in [-0.2, 0) is 0 Å². The lowest BCUT2D eigenvalue weighted by molar-refractivity contribution is 0.0418. The smallest absolute Gasteiger partial charge is 0.0771 e. The van der Waals surface area contributed by atoms with E-state index in [0.29, 0.717) is 5.41 Å². The molecule has 2 aliphatic rings. The molecule has 0 radical (unpaired) electrons. The zero-order chi connectivity index (χ0) is 12.4. The number of piperidine rings is 1. The summed E-state index contributed by atoms with van der Waals surface area (Å²) in [6, 6.07) is 0. The van der Waals surface area contributed by atoms with Crippen LogP contribution in [-0.4, -0.2) is 48.8 Å². The van der Waals surface area contributed by atoms with Crippen molar-refractivity contribution in [2.45, 2.75) is 51.0 Å². The standard InChI is InChI=1S/C14H28N2O/c1-13(7-9-16(2)10-8-13)11-15-12-14(17)5-3-4-6-14/h15,17H,3-12H2,1-2H3. The van der Waals surface area contributed by atoms with E-state index in [4.69, 9.17) is 0 Å². The Bertz CT molecular complexity index is 241. The van der Waals surface area contributed by atoms with Gasteiger partial charge >= 0.3 is 0 Å². The molecule has 3 heteroatoms. The highest BCUT2D eigenvalue weighted by molar-refractivity contribution is 4.89. The van der Waals surface area contributed by atoms with Crippen LogP contribution >= 0.6 is 0 Å². The number of hydrogen-bond acceptors (Lipinski definition) is 3. The number of aliphatic hydroxyl groups is 1. The highest BCUT2D eigenvalue weighted by Gasteiger charge is 2.33. The minimum absolute atomic E-state index is 0.401. The second-order valence-corrected chi connectivity index (χ2v) is 6.65. The van der Waals surface area contributed by atoms with Crippen molar-refractivity contribution in [1.82, 2.24) is 10.2 Å². The summed E-state index contributed by atoms with van der Waals surface area (Å²) >= 11 is 0. The molecule has 1 aliphatic heterocycles. The molecule has 0 spiro atoms. The van der Waals surface area contributed by atoms with Gasteiger partial charge in [-0.2, -0.15) is 0 Å². The molecule has 0 aromatic heterocycles. The van der Waals surface area contributed by atoms with Gasteiger partial charge in [0.2, 0.25) is 0 Å². The quantitative estimate of drug-likeness (QED) is 0.784. The molecule has 0 aromatic rings. The van der Waals surface area contributed by atoms with Gasteiger partial charge in [0.05, 0.1) is 5.60 Å². The van der Waals surface area contributed by atoms with Crippen molar-refractivity contribution < 1.29 is 5.11 Å². The molecule has 0 aromatic carbocycles. The molecule has 1 heterocycles. The lowest BCUT2D eigenvalue weighted by atomic mass is 9.80. The first-order valence-corrected chi connectivity index (χ1v) is 7.13. The maximum atomic E-state index is 10.3. The Hall–Kier alpha value is -0.120. The number of nitrogens with zero attached hydrogens (tertiary/aromatic N) is 1. The van der Waals surface area contributed by atoms with Gasteiger partial charge in [-0.25, -0.2) is 0 Å². The van der Waals surface area contributed by atoms with E-state index in [-0.39, 0.29) is 0 Å². The van der Waals surface area contributed by atoms with E-state index in [1.54, 1.807) is 0 Å². The second kappa shape index (κ2) is 5.25. The molecule has 0 atom stereocenters. The van der Waals surface area contributed by atoms with Crippen molar-refractivity contribution >= 4 is 0 Å². The SMILES string of the molecule is CN1CCC(C)(CNCC2(O)CCCC2)CC1. The Kier molecular flexibility index (Phi) is 4.11. The highest BCUT2D eigenvalue weighted by atomic mass is 16.3. The molecule has 17 heavy (non-hydrogen) atoms. The Labute approximate surface area is 106 Å². The van der Waals surface area contributed by atoms with Gasteiger partial charge in [0.25, 0.3) is 0 Å². The van der Waals surface area contributed by atoms with E-state index in [1.165, 1.54) is 38.8 Å². The van der Waals surface area contributed by atoms with Gasteiger partial charge in [-0.05, 0) is 51.2 Å². The first kappa shape index (κ1) is 13.3. The summed E-state index contributed by atoms with van der Waals surface area (Å²) in [7, 11) is 2.20. The molecular formula is C14H28N2O. The van der Waals surface area contributed by atoms with Crippen LogP contribution in [0.2, 0.25) is 0 Å². The molecule has 3 nitrogen and oxygen atoms in total. The molecular weight excluding hydrogens is 212 g/mol. The van der Waals surface area contributed by atoms with Crippen molar-refractivity contribution in [2.75, 3.05) is 33.2 Å².